The Hall–Kier alpha value is -1.76. The van der Waals surface area contributed by atoms with E-state index in [-0.39, 0.29) is 16.9 Å². The number of carbonyl (C=O) groups excluding carboxylic acids is 1. The highest BCUT2D eigenvalue weighted by Crippen LogP contribution is 2.35. The molecule has 0 spiro atoms. The fourth-order valence-corrected chi connectivity index (χ4v) is 2.77. The third-order valence-corrected chi connectivity index (χ3v) is 3.99. The van der Waals surface area contributed by atoms with E-state index in [1.165, 1.54) is 24.9 Å². The third kappa shape index (κ3) is 5.63. The van der Waals surface area contributed by atoms with Gasteiger partial charge < -0.3 is 9.47 Å². The van der Waals surface area contributed by atoms with Crippen molar-refractivity contribution in [3.63, 3.8) is 0 Å². The van der Waals surface area contributed by atoms with Crippen LogP contribution in [0.4, 0.5) is 5.69 Å². The van der Waals surface area contributed by atoms with Crippen LogP contribution in [0.25, 0.3) is 0 Å². The Morgan fingerprint density at radius 1 is 1.48 bits per heavy atom. The third-order valence-electron chi connectivity index (χ3n) is 2.75. The number of rotatable bonds is 8. The second-order valence-corrected chi connectivity index (χ2v) is 5.84. The van der Waals surface area contributed by atoms with Crippen LogP contribution in [0.1, 0.15) is 26.7 Å². The monoisotopic (exact) mass is 313 g/mol. The van der Waals surface area contributed by atoms with E-state index in [1.54, 1.807) is 19.1 Å². The van der Waals surface area contributed by atoms with Crippen LogP contribution in [0.15, 0.2) is 23.1 Å². The van der Waals surface area contributed by atoms with Gasteiger partial charge in [-0.05, 0) is 25.5 Å². The Balaban J connectivity index is 2.69. The van der Waals surface area contributed by atoms with Gasteiger partial charge in [-0.2, -0.15) is 0 Å². The second-order valence-electron chi connectivity index (χ2n) is 4.36. The number of benzene rings is 1. The van der Waals surface area contributed by atoms with Gasteiger partial charge in [0, 0.05) is 11.7 Å². The lowest BCUT2D eigenvalue weighted by Gasteiger charge is -2.11. The van der Waals surface area contributed by atoms with Crippen molar-refractivity contribution < 1.29 is 19.2 Å². The highest BCUT2D eigenvalue weighted by Gasteiger charge is 2.18. The number of hydrogen-bond acceptors (Lipinski definition) is 6. The van der Waals surface area contributed by atoms with E-state index in [0.29, 0.717) is 30.1 Å². The van der Waals surface area contributed by atoms with Gasteiger partial charge in [0.2, 0.25) is 0 Å². The molecule has 0 aliphatic carbocycles. The van der Waals surface area contributed by atoms with Gasteiger partial charge in [0.25, 0.3) is 5.69 Å². The number of nitrogens with zero attached hydrogens (tertiary/aromatic N) is 1. The Morgan fingerprint density at radius 3 is 2.76 bits per heavy atom. The van der Waals surface area contributed by atoms with Crippen molar-refractivity contribution in [3.8, 4) is 5.75 Å². The molecule has 21 heavy (non-hydrogen) atoms. The van der Waals surface area contributed by atoms with Crippen LogP contribution in [0.3, 0.4) is 0 Å². The SMILES string of the molecule is CCOC(=O)CC[C@H](C)Sc1ccc(OC)cc1[N+](=O)[O-]. The molecule has 0 N–H and O–H groups in total. The Bertz CT molecular complexity index is 506. The predicted octanol–water partition coefficient (Wildman–Crippen LogP) is 3.43. The zero-order chi connectivity index (χ0) is 15.8. The number of esters is 1. The zero-order valence-electron chi connectivity index (χ0n) is 12.3. The maximum absolute atomic E-state index is 11.3. The van der Waals surface area contributed by atoms with Gasteiger partial charge in [0.15, 0.2) is 0 Å². The number of carbonyl (C=O) groups is 1. The van der Waals surface area contributed by atoms with Crippen molar-refractivity contribution >= 4 is 23.4 Å². The molecule has 6 nitrogen and oxygen atoms in total. The molecule has 1 aromatic carbocycles. The van der Waals surface area contributed by atoms with Gasteiger partial charge in [0.05, 0.1) is 29.6 Å². The molecule has 0 aromatic heterocycles. The van der Waals surface area contributed by atoms with Crippen LogP contribution in [0.2, 0.25) is 0 Å². The molecule has 1 aromatic rings. The number of thioether (sulfide) groups is 1. The van der Waals surface area contributed by atoms with E-state index in [9.17, 15) is 14.9 Å². The number of ether oxygens (including phenoxy) is 2. The molecule has 116 valence electrons. The highest BCUT2D eigenvalue weighted by atomic mass is 32.2. The minimum absolute atomic E-state index is 0.0161. The summed E-state index contributed by atoms with van der Waals surface area (Å²) >= 11 is 1.37. The van der Waals surface area contributed by atoms with Crippen molar-refractivity contribution in [3.05, 3.63) is 28.3 Å². The molecule has 7 heteroatoms. The molecule has 0 bridgehead atoms. The number of nitro groups is 1. The van der Waals surface area contributed by atoms with Crippen molar-refractivity contribution in [2.45, 2.75) is 36.8 Å². The first-order chi connectivity index (χ1) is 9.97. The molecule has 1 rings (SSSR count). The molecule has 0 saturated carbocycles. The number of hydrogen-bond donors (Lipinski definition) is 0. The molecule has 1 atom stereocenters. The summed E-state index contributed by atoms with van der Waals surface area (Å²) in [4.78, 5) is 22.5. The minimum atomic E-state index is -0.428. The molecule has 0 aliphatic heterocycles. The fourth-order valence-electron chi connectivity index (χ4n) is 1.70. The summed E-state index contributed by atoms with van der Waals surface area (Å²) in [6.07, 6.45) is 0.915. The summed E-state index contributed by atoms with van der Waals surface area (Å²) in [5.74, 6) is 0.208. The smallest absolute Gasteiger partial charge is 0.305 e. The van der Waals surface area contributed by atoms with Gasteiger partial charge in [-0.25, -0.2) is 0 Å². The van der Waals surface area contributed by atoms with Gasteiger partial charge in [-0.1, -0.05) is 6.92 Å². The molecular weight excluding hydrogens is 294 g/mol. The van der Waals surface area contributed by atoms with E-state index >= 15 is 0 Å². The van der Waals surface area contributed by atoms with Crippen LogP contribution in [-0.2, 0) is 9.53 Å². The predicted molar refractivity (Wildman–Crippen MR) is 80.8 cm³/mol. The summed E-state index contributed by atoms with van der Waals surface area (Å²) in [6.45, 7) is 4.05. The van der Waals surface area contributed by atoms with Gasteiger partial charge in [0.1, 0.15) is 5.75 Å². The van der Waals surface area contributed by atoms with Gasteiger partial charge in [-0.15, -0.1) is 11.8 Å². The largest absolute Gasteiger partial charge is 0.497 e. The van der Waals surface area contributed by atoms with E-state index in [2.05, 4.69) is 0 Å². The number of nitro benzene ring substituents is 1. The summed E-state index contributed by atoms with van der Waals surface area (Å²) in [6, 6.07) is 4.76. The summed E-state index contributed by atoms with van der Waals surface area (Å²) < 4.78 is 9.86. The summed E-state index contributed by atoms with van der Waals surface area (Å²) in [5, 5.41) is 11.2. The minimum Gasteiger partial charge on any atom is -0.497 e. The quantitative estimate of drug-likeness (QED) is 0.317. The average molecular weight is 313 g/mol. The summed E-state index contributed by atoms with van der Waals surface area (Å²) in [5.41, 5.74) is 0.0161. The first-order valence-corrected chi connectivity index (χ1v) is 7.50. The van der Waals surface area contributed by atoms with Gasteiger partial charge in [-0.3, -0.25) is 14.9 Å². The molecule has 0 heterocycles. The lowest BCUT2D eigenvalue weighted by Crippen LogP contribution is -2.07. The maximum atomic E-state index is 11.3. The van der Waals surface area contributed by atoms with E-state index < -0.39 is 4.92 Å². The van der Waals surface area contributed by atoms with Crippen molar-refractivity contribution in [2.75, 3.05) is 13.7 Å². The van der Waals surface area contributed by atoms with Crippen molar-refractivity contribution in [1.29, 1.82) is 0 Å². The van der Waals surface area contributed by atoms with Crippen LogP contribution in [-0.4, -0.2) is 29.9 Å². The molecule has 0 saturated heterocycles. The van der Waals surface area contributed by atoms with E-state index in [1.807, 2.05) is 6.92 Å². The fraction of sp³-hybridized carbons (Fsp3) is 0.500. The van der Waals surface area contributed by atoms with Crippen molar-refractivity contribution in [2.24, 2.45) is 0 Å². The molecular formula is C14H19NO5S. The normalized spacial score (nSPS) is 11.8. The molecule has 0 amide bonds. The molecule has 0 radical (unpaired) electrons. The highest BCUT2D eigenvalue weighted by molar-refractivity contribution is 8.00. The Morgan fingerprint density at radius 2 is 2.19 bits per heavy atom. The first-order valence-electron chi connectivity index (χ1n) is 6.62. The molecule has 0 aliphatic rings. The number of methoxy groups -OCH3 is 1. The van der Waals surface area contributed by atoms with Gasteiger partial charge >= 0.3 is 5.97 Å². The second kappa shape index (κ2) is 8.51. The zero-order valence-corrected chi connectivity index (χ0v) is 13.1. The Kier molecular flexibility index (Phi) is 7.01. The van der Waals surface area contributed by atoms with E-state index in [0.717, 1.165) is 0 Å². The van der Waals surface area contributed by atoms with Crippen LogP contribution < -0.4 is 4.74 Å². The van der Waals surface area contributed by atoms with Crippen LogP contribution >= 0.6 is 11.8 Å². The van der Waals surface area contributed by atoms with Crippen LogP contribution in [0, 0.1) is 10.1 Å². The van der Waals surface area contributed by atoms with Crippen LogP contribution in [0.5, 0.6) is 5.75 Å². The molecule has 0 fully saturated rings. The maximum Gasteiger partial charge on any atom is 0.305 e. The standard InChI is InChI=1S/C14H19NO5S/c1-4-20-14(16)8-5-10(2)21-13-7-6-11(19-3)9-12(13)15(17)18/h6-7,9-10H,4-5,8H2,1-3H3/t10-/m0/s1. The Labute approximate surface area is 128 Å². The average Bonchev–Trinajstić information content (AvgIpc) is 2.45. The summed E-state index contributed by atoms with van der Waals surface area (Å²) in [7, 11) is 1.47. The first kappa shape index (κ1) is 17.3. The topological polar surface area (TPSA) is 78.7 Å². The molecule has 0 unspecified atom stereocenters. The lowest BCUT2D eigenvalue weighted by atomic mass is 10.2. The van der Waals surface area contributed by atoms with Crippen molar-refractivity contribution in [1.82, 2.24) is 0 Å². The lowest BCUT2D eigenvalue weighted by molar-refractivity contribution is -0.387. The van der Waals surface area contributed by atoms with E-state index in [4.69, 9.17) is 9.47 Å².